The van der Waals surface area contributed by atoms with Crippen molar-refractivity contribution in [2.45, 2.75) is 19.4 Å². The lowest BCUT2D eigenvalue weighted by Crippen LogP contribution is -2.37. The van der Waals surface area contributed by atoms with Gasteiger partial charge < -0.3 is 19.2 Å². The SMILES string of the molecule is O=C(Nc1cccc(-c2ccco2)c1)C1CCN(Cc2cccc3c2OCO3)CC1. The monoisotopic (exact) mass is 404 g/mol. The summed E-state index contributed by atoms with van der Waals surface area (Å²) in [5, 5.41) is 3.08. The van der Waals surface area contributed by atoms with Crippen molar-refractivity contribution in [3.8, 4) is 22.8 Å². The van der Waals surface area contributed by atoms with Crippen molar-refractivity contribution < 1.29 is 18.7 Å². The van der Waals surface area contributed by atoms with Gasteiger partial charge in [0.05, 0.1) is 6.26 Å². The number of carbonyl (C=O) groups excluding carboxylic acids is 1. The van der Waals surface area contributed by atoms with Gasteiger partial charge in [-0.05, 0) is 56.3 Å². The number of amides is 1. The van der Waals surface area contributed by atoms with Gasteiger partial charge >= 0.3 is 0 Å². The van der Waals surface area contributed by atoms with Crippen LogP contribution < -0.4 is 14.8 Å². The number of furan rings is 1. The number of para-hydroxylation sites is 1. The number of rotatable bonds is 5. The number of fused-ring (bicyclic) bond motifs is 1. The highest BCUT2D eigenvalue weighted by atomic mass is 16.7. The Labute approximate surface area is 175 Å². The van der Waals surface area contributed by atoms with Crippen LogP contribution in [0.1, 0.15) is 18.4 Å². The van der Waals surface area contributed by atoms with E-state index in [1.54, 1.807) is 6.26 Å². The first-order chi connectivity index (χ1) is 14.8. The van der Waals surface area contributed by atoms with Crippen LogP contribution in [-0.2, 0) is 11.3 Å². The molecule has 1 aromatic heterocycles. The molecule has 6 nitrogen and oxygen atoms in total. The Bertz CT molecular complexity index is 1020. The van der Waals surface area contributed by atoms with Gasteiger partial charge in [0.15, 0.2) is 11.5 Å². The standard InChI is InChI=1S/C24H24N2O4/c27-24(25-20-6-1-4-18(14-20)21-8-3-13-28-21)17-9-11-26(12-10-17)15-19-5-2-7-22-23(19)30-16-29-22/h1-8,13-14,17H,9-12,15-16H2,(H,25,27). The summed E-state index contributed by atoms with van der Waals surface area (Å²) in [6.07, 6.45) is 3.34. The van der Waals surface area contributed by atoms with Crippen molar-refractivity contribution in [2.75, 3.05) is 25.2 Å². The van der Waals surface area contributed by atoms with E-state index in [9.17, 15) is 4.79 Å². The van der Waals surface area contributed by atoms with E-state index in [2.05, 4.69) is 16.3 Å². The summed E-state index contributed by atoms with van der Waals surface area (Å²) in [6, 6.07) is 17.6. The molecule has 2 aliphatic rings. The Balaban J connectivity index is 1.17. The second-order valence-electron chi connectivity index (χ2n) is 7.75. The van der Waals surface area contributed by atoms with E-state index in [4.69, 9.17) is 13.9 Å². The Morgan fingerprint density at radius 1 is 1.03 bits per heavy atom. The van der Waals surface area contributed by atoms with Gasteiger partial charge in [-0.15, -0.1) is 0 Å². The first-order valence-corrected chi connectivity index (χ1v) is 10.3. The maximum absolute atomic E-state index is 12.8. The summed E-state index contributed by atoms with van der Waals surface area (Å²) in [5.41, 5.74) is 2.89. The smallest absolute Gasteiger partial charge is 0.231 e. The highest BCUT2D eigenvalue weighted by Crippen LogP contribution is 2.36. The van der Waals surface area contributed by atoms with Crippen LogP contribution in [0.2, 0.25) is 0 Å². The number of carbonyl (C=O) groups is 1. The van der Waals surface area contributed by atoms with Crippen LogP contribution in [0.25, 0.3) is 11.3 Å². The van der Waals surface area contributed by atoms with Gasteiger partial charge in [-0.1, -0.05) is 24.3 Å². The fraction of sp³-hybridized carbons (Fsp3) is 0.292. The second kappa shape index (κ2) is 8.24. The topological polar surface area (TPSA) is 63.9 Å². The molecule has 6 heteroatoms. The van der Waals surface area contributed by atoms with Gasteiger partial charge in [0.1, 0.15) is 5.76 Å². The minimum atomic E-state index is 0.0228. The fourth-order valence-corrected chi connectivity index (χ4v) is 4.15. The molecule has 2 aliphatic heterocycles. The summed E-state index contributed by atoms with van der Waals surface area (Å²) >= 11 is 0. The van der Waals surface area contributed by atoms with Crippen molar-refractivity contribution in [1.82, 2.24) is 4.90 Å². The molecule has 154 valence electrons. The first kappa shape index (κ1) is 18.8. The van der Waals surface area contributed by atoms with Crippen molar-refractivity contribution >= 4 is 11.6 Å². The lowest BCUT2D eigenvalue weighted by atomic mass is 9.95. The zero-order chi connectivity index (χ0) is 20.3. The van der Waals surface area contributed by atoms with Crippen LogP contribution in [0.3, 0.4) is 0 Å². The molecule has 3 heterocycles. The van der Waals surface area contributed by atoms with E-state index >= 15 is 0 Å². The van der Waals surface area contributed by atoms with Crippen molar-refractivity contribution in [3.05, 3.63) is 66.4 Å². The molecular weight excluding hydrogens is 380 g/mol. The molecule has 1 fully saturated rings. The molecule has 0 spiro atoms. The summed E-state index contributed by atoms with van der Waals surface area (Å²) < 4.78 is 16.5. The van der Waals surface area contributed by atoms with E-state index in [-0.39, 0.29) is 18.6 Å². The molecule has 5 rings (SSSR count). The summed E-state index contributed by atoms with van der Waals surface area (Å²) in [6.45, 7) is 2.87. The fourth-order valence-electron chi connectivity index (χ4n) is 4.15. The maximum Gasteiger partial charge on any atom is 0.231 e. The summed E-state index contributed by atoms with van der Waals surface area (Å²) in [5.74, 6) is 2.58. The largest absolute Gasteiger partial charge is 0.464 e. The van der Waals surface area contributed by atoms with Crippen LogP contribution in [0.15, 0.2) is 65.3 Å². The highest BCUT2D eigenvalue weighted by Gasteiger charge is 2.26. The number of hydrogen-bond acceptors (Lipinski definition) is 5. The van der Waals surface area contributed by atoms with Crippen LogP contribution in [0, 0.1) is 5.92 Å². The molecule has 2 aromatic carbocycles. The minimum Gasteiger partial charge on any atom is -0.464 e. The molecule has 0 saturated carbocycles. The lowest BCUT2D eigenvalue weighted by Gasteiger charge is -2.31. The Morgan fingerprint density at radius 3 is 2.73 bits per heavy atom. The van der Waals surface area contributed by atoms with E-state index in [0.29, 0.717) is 0 Å². The summed E-state index contributed by atoms with van der Waals surface area (Å²) in [7, 11) is 0. The van der Waals surface area contributed by atoms with E-state index < -0.39 is 0 Å². The van der Waals surface area contributed by atoms with Crippen LogP contribution in [0.5, 0.6) is 11.5 Å². The van der Waals surface area contributed by atoms with Gasteiger partial charge in [-0.2, -0.15) is 0 Å². The Morgan fingerprint density at radius 2 is 1.90 bits per heavy atom. The third kappa shape index (κ3) is 3.91. The van der Waals surface area contributed by atoms with Gasteiger partial charge in [0, 0.05) is 29.3 Å². The number of piperidine rings is 1. The zero-order valence-electron chi connectivity index (χ0n) is 16.7. The molecule has 1 amide bonds. The third-order valence-corrected chi connectivity index (χ3v) is 5.77. The quantitative estimate of drug-likeness (QED) is 0.677. The molecule has 30 heavy (non-hydrogen) atoms. The molecule has 1 saturated heterocycles. The third-order valence-electron chi connectivity index (χ3n) is 5.77. The number of nitrogens with one attached hydrogen (secondary N) is 1. The number of benzene rings is 2. The molecular formula is C24H24N2O4. The average molecular weight is 404 g/mol. The van der Waals surface area contributed by atoms with Gasteiger partial charge in [-0.3, -0.25) is 9.69 Å². The number of ether oxygens (including phenoxy) is 2. The number of nitrogens with zero attached hydrogens (tertiary/aromatic N) is 1. The number of anilines is 1. The van der Waals surface area contributed by atoms with E-state index in [0.717, 1.165) is 66.5 Å². The lowest BCUT2D eigenvalue weighted by molar-refractivity contribution is -0.121. The molecule has 3 aromatic rings. The molecule has 0 atom stereocenters. The van der Waals surface area contributed by atoms with Crippen molar-refractivity contribution in [2.24, 2.45) is 5.92 Å². The van der Waals surface area contributed by atoms with Crippen molar-refractivity contribution in [3.63, 3.8) is 0 Å². The van der Waals surface area contributed by atoms with E-state index in [1.165, 1.54) is 0 Å². The Kier molecular flexibility index (Phi) is 5.15. The first-order valence-electron chi connectivity index (χ1n) is 10.3. The van der Waals surface area contributed by atoms with Crippen LogP contribution >= 0.6 is 0 Å². The number of likely N-dealkylation sites (tertiary alicyclic amines) is 1. The molecule has 0 bridgehead atoms. The highest BCUT2D eigenvalue weighted by molar-refractivity contribution is 5.93. The van der Waals surface area contributed by atoms with Crippen molar-refractivity contribution in [1.29, 1.82) is 0 Å². The normalized spacial score (nSPS) is 16.5. The molecule has 1 N–H and O–H groups in total. The van der Waals surface area contributed by atoms with Crippen LogP contribution in [-0.4, -0.2) is 30.7 Å². The van der Waals surface area contributed by atoms with Gasteiger partial charge in [-0.25, -0.2) is 0 Å². The number of hydrogen-bond donors (Lipinski definition) is 1. The predicted octanol–water partition coefficient (Wildman–Crippen LogP) is 4.53. The molecule has 0 aliphatic carbocycles. The summed E-state index contributed by atoms with van der Waals surface area (Å²) in [4.78, 5) is 15.2. The second-order valence-corrected chi connectivity index (χ2v) is 7.75. The van der Waals surface area contributed by atoms with E-state index in [1.807, 2.05) is 48.5 Å². The molecule has 0 radical (unpaired) electrons. The zero-order valence-corrected chi connectivity index (χ0v) is 16.7. The predicted molar refractivity (Wildman–Crippen MR) is 113 cm³/mol. The molecule has 0 unspecified atom stereocenters. The maximum atomic E-state index is 12.8. The average Bonchev–Trinajstić information content (AvgIpc) is 3.47. The van der Waals surface area contributed by atoms with Crippen LogP contribution in [0.4, 0.5) is 5.69 Å². The minimum absolute atomic E-state index is 0.0228. The van der Waals surface area contributed by atoms with Gasteiger partial charge in [0.25, 0.3) is 0 Å². The van der Waals surface area contributed by atoms with Gasteiger partial charge in [0.2, 0.25) is 12.7 Å². The Hall–Kier alpha value is -3.25.